The Kier molecular flexibility index (Phi) is 10.4. The lowest BCUT2D eigenvalue weighted by atomic mass is 9.97. The summed E-state index contributed by atoms with van der Waals surface area (Å²) >= 11 is 0. The Bertz CT molecular complexity index is 882. The molecule has 4 nitrogen and oxygen atoms in total. The number of hydrogen-bond acceptors (Lipinski definition) is 3. The van der Waals surface area contributed by atoms with Crippen molar-refractivity contribution in [1.82, 2.24) is 10.2 Å². The van der Waals surface area contributed by atoms with Crippen molar-refractivity contribution in [3.05, 3.63) is 70.8 Å². The molecule has 1 amide bonds. The van der Waals surface area contributed by atoms with Gasteiger partial charge >= 0.3 is 0 Å². The quantitative estimate of drug-likeness (QED) is 0.539. The van der Waals surface area contributed by atoms with Gasteiger partial charge < -0.3 is 10.2 Å². The molecule has 1 aliphatic rings. The SMILES string of the molecule is CC(CCc1ccccc1)NC(=O)CCC(=O)c1ccc2c(c1)CCN(C(C)C)CC2.Cl. The van der Waals surface area contributed by atoms with Crippen molar-refractivity contribution >= 4 is 24.1 Å². The smallest absolute Gasteiger partial charge is 0.220 e. The number of carbonyl (C=O) groups excluding carboxylic acids is 2. The molecule has 3 rings (SSSR count). The van der Waals surface area contributed by atoms with E-state index in [4.69, 9.17) is 0 Å². The molecule has 1 N–H and O–H groups in total. The molecule has 0 bridgehead atoms. The summed E-state index contributed by atoms with van der Waals surface area (Å²) in [5.41, 5.74) is 4.65. The summed E-state index contributed by atoms with van der Waals surface area (Å²) in [5, 5.41) is 3.03. The molecule has 0 aromatic heterocycles. The van der Waals surface area contributed by atoms with Crippen LogP contribution in [0.1, 0.15) is 67.1 Å². The number of rotatable bonds is 9. The van der Waals surface area contributed by atoms with E-state index in [9.17, 15) is 9.59 Å². The van der Waals surface area contributed by atoms with Gasteiger partial charge in [-0.1, -0.05) is 42.5 Å². The van der Waals surface area contributed by atoms with E-state index in [0.717, 1.165) is 44.3 Å². The van der Waals surface area contributed by atoms with Crippen LogP contribution in [0.15, 0.2) is 48.5 Å². The monoisotopic (exact) mass is 456 g/mol. The van der Waals surface area contributed by atoms with Crippen molar-refractivity contribution in [3.8, 4) is 0 Å². The molecule has 0 fully saturated rings. The number of benzene rings is 2. The normalized spacial score (nSPS) is 14.8. The maximum Gasteiger partial charge on any atom is 0.220 e. The van der Waals surface area contributed by atoms with E-state index in [-0.39, 0.29) is 43.0 Å². The van der Waals surface area contributed by atoms with Gasteiger partial charge in [-0.05, 0) is 69.2 Å². The van der Waals surface area contributed by atoms with E-state index >= 15 is 0 Å². The summed E-state index contributed by atoms with van der Waals surface area (Å²) in [6.45, 7) is 8.60. The first-order chi connectivity index (χ1) is 14.9. The number of nitrogens with one attached hydrogen (secondary N) is 1. The number of aryl methyl sites for hydroxylation is 1. The van der Waals surface area contributed by atoms with Gasteiger partial charge in [-0.15, -0.1) is 12.4 Å². The predicted octanol–water partition coefficient (Wildman–Crippen LogP) is 5.02. The number of Topliss-reactive ketones (excluding diaryl/α,β-unsaturated/α-hetero) is 1. The van der Waals surface area contributed by atoms with Gasteiger partial charge in [-0.3, -0.25) is 9.59 Å². The van der Waals surface area contributed by atoms with Crippen LogP contribution in [-0.4, -0.2) is 41.8 Å². The van der Waals surface area contributed by atoms with E-state index in [1.165, 1.54) is 16.7 Å². The van der Waals surface area contributed by atoms with Gasteiger partial charge in [0.1, 0.15) is 0 Å². The minimum Gasteiger partial charge on any atom is -0.354 e. The number of ketones is 1. The van der Waals surface area contributed by atoms with Crippen molar-refractivity contribution < 1.29 is 9.59 Å². The van der Waals surface area contributed by atoms with E-state index in [1.54, 1.807) is 0 Å². The first-order valence-electron chi connectivity index (χ1n) is 11.6. The van der Waals surface area contributed by atoms with Crippen molar-refractivity contribution in [1.29, 1.82) is 0 Å². The zero-order valence-electron chi connectivity index (χ0n) is 19.6. The Morgan fingerprint density at radius 1 is 0.938 bits per heavy atom. The van der Waals surface area contributed by atoms with E-state index in [2.05, 4.69) is 48.3 Å². The fraction of sp³-hybridized carbons (Fsp3) is 0.481. The first-order valence-corrected chi connectivity index (χ1v) is 11.6. The van der Waals surface area contributed by atoms with Gasteiger partial charge in [0.15, 0.2) is 5.78 Å². The largest absolute Gasteiger partial charge is 0.354 e. The highest BCUT2D eigenvalue weighted by atomic mass is 35.5. The molecule has 0 spiro atoms. The molecular formula is C27H37ClN2O2. The van der Waals surface area contributed by atoms with E-state index in [1.807, 2.05) is 31.2 Å². The minimum atomic E-state index is -0.0451. The lowest BCUT2D eigenvalue weighted by Gasteiger charge is -2.23. The molecular weight excluding hydrogens is 420 g/mol. The fourth-order valence-electron chi connectivity index (χ4n) is 4.25. The number of amides is 1. The molecule has 2 aromatic rings. The molecule has 1 unspecified atom stereocenters. The molecule has 0 aliphatic carbocycles. The molecule has 1 aliphatic heterocycles. The number of hydrogen-bond donors (Lipinski definition) is 1. The highest BCUT2D eigenvalue weighted by molar-refractivity contribution is 5.98. The van der Waals surface area contributed by atoms with Crippen molar-refractivity contribution in [2.75, 3.05) is 13.1 Å². The number of nitrogens with zero attached hydrogens (tertiary/aromatic N) is 1. The van der Waals surface area contributed by atoms with Crippen LogP contribution in [-0.2, 0) is 24.1 Å². The Labute approximate surface area is 199 Å². The zero-order chi connectivity index (χ0) is 22.2. The van der Waals surface area contributed by atoms with Gasteiger partial charge in [0.25, 0.3) is 0 Å². The fourth-order valence-corrected chi connectivity index (χ4v) is 4.25. The van der Waals surface area contributed by atoms with Crippen molar-refractivity contribution in [2.24, 2.45) is 0 Å². The van der Waals surface area contributed by atoms with E-state index in [0.29, 0.717) is 6.04 Å². The molecule has 1 atom stereocenters. The second-order valence-corrected chi connectivity index (χ2v) is 9.03. The second-order valence-electron chi connectivity index (χ2n) is 9.03. The number of fused-ring (bicyclic) bond motifs is 1. The highest BCUT2D eigenvalue weighted by Crippen LogP contribution is 2.20. The third kappa shape index (κ3) is 7.75. The van der Waals surface area contributed by atoms with Gasteiger partial charge in [-0.2, -0.15) is 0 Å². The molecule has 1 heterocycles. The molecule has 0 radical (unpaired) electrons. The molecule has 2 aromatic carbocycles. The van der Waals surface area contributed by atoms with Gasteiger partial charge in [0.05, 0.1) is 0 Å². The summed E-state index contributed by atoms with van der Waals surface area (Å²) in [6, 6.07) is 17.0. The van der Waals surface area contributed by atoms with Gasteiger partial charge in [0.2, 0.25) is 5.91 Å². The summed E-state index contributed by atoms with van der Waals surface area (Å²) in [5.74, 6) is 0.0103. The minimum absolute atomic E-state index is 0. The Balaban J connectivity index is 0.00000363. The van der Waals surface area contributed by atoms with Crippen molar-refractivity contribution in [3.63, 3.8) is 0 Å². The highest BCUT2D eigenvalue weighted by Gasteiger charge is 2.18. The molecule has 0 saturated carbocycles. The van der Waals surface area contributed by atoms with Crippen LogP contribution in [0, 0.1) is 0 Å². The maximum absolute atomic E-state index is 12.7. The topological polar surface area (TPSA) is 49.4 Å². The summed E-state index contributed by atoms with van der Waals surface area (Å²) in [6.07, 6.45) is 4.34. The average molecular weight is 457 g/mol. The summed E-state index contributed by atoms with van der Waals surface area (Å²) in [7, 11) is 0. The van der Waals surface area contributed by atoms with Crippen LogP contribution in [0.5, 0.6) is 0 Å². The third-order valence-corrected chi connectivity index (χ3v) is 6.29. The average Bonchev–Trinajstić information content (AvgIpc) is 2.99. The maximum atomic E-state index is 12.7. The summed E-state index contributed by atoms with van der Waals surface area (Å²) in [4.78, 5) is 27.5. The van der Waals surface area contributed by atoms with Crippen LogP contribution >= 0.6 is 12.4 Å². The van der Waals surface area contributed by atoms with E-state index < -0.39 is 0 Å². The predicted molar refractivity (Wildman–Crippen MR) is 134 cm³/mol. The summed E-state index contributed by atoms with van der Waals surface area (Å²) < 4.78 is 0. The van der Waals surface area contributed by atoms with Crippen LogP contribution in [0.3, 0.4) is 0 Å². The Morgan fingerprint density at radius 2 is 1.62 bits per heavy atom. The van der Waals surface area contributed by atoms with Crippen LogP contribution in [0.4, 0.5) is 0 Å². The lowest BCUT2D eigenvalue weighted by molar-refractivity contribution is -0.121. The Hall–Kier alpha value is -2.17. The molecule has 32 heavy (non-hydrogen) atoms. The van der Waals surface area contributed by atoms with Gasteiger partial charge in [0, 0.05) is 43.6 Å². The van der Waals surface area contributed by atoms with Crippen LogP contribution in [0.25, 0.3) is 0 Å². The lowest BCUT2D eigenvalue weighted by Crippen LogP contribution is -2.33. The molecule has 0 saturated heterocycles. The second kappa shape index (κ2) is 12.8. The van der Waals surface area contributed by atoms with Crippen LogP contribution < -0.4 is 5.32 Å². The molecule has 5 heteroatoms. The number of carbonyl (C=O) groups is 2. The molecule has 174 valence electrons. The Morgan fingerprint density at radius 3 is 2.31 bits per heavy atom. The first kappa shape index (κ1) is 26.1. The third-order valence-electron chi connectivity index (χ3n) is 6.29. The van der Waals surface area contributed by atoms with Gasteiger partial charge in [-0.25, -0.2) is 0 Å². The standard InChI is InChI=1S/C27H36N2O2.ClH/c1-20(2)29-17-15-23-11-12-25(19-24(23)16-18-29)26(30)13-14-27(31)28-21(3)9-10-22-7-5-4-6-8-22;/h4-8,11-12,19-21H,9-10,13-18H2,1-3H3,(H,28,31);1H. The van der Waals surface area contributed by atoms with Crippen molar-refractivity contribution in [2.45, 2.75) is 71.4 Å². The number of halogens is 1. The van der Waals surface area contributed by atoms with Crippen LogP contribution in [0.2, 0.25) is 0 Å². The zero-order valence-corrected chi connectivity index (χ0v) is 20.4.